The summed E-state index contributed by atoms with van der Waals surface area (Å²) in [5, 5.41) is 0.628. The predicted octanol–water partition coefficient (Wildman–Crippen LogP) is 5.49. The van der Waals surface area contributed by atoms with E-state index in [1.807, 2.05) is 18.2 Å². The van der Waals surface area contributed by atoms with E-state index in [1.165, 1.54) is 4.90 Å². The van der Waals surface area contributed by atoms with Crippen molar-refractivity contribution in [3.8, 4) is 0 Å². The summed E-state index contributed by atoms with van der Waals surface area (Å²) in [6, 6.07) is 13.7. The molecule has 2 aromatic rings. The van der Waals surface area contributed by atoms with Crippen molar-refractivity contribution in [2.24, 2.45) is 16.7 Å². The molecule has 1 unspecified atom stereocenters. The Kier molecular flexibility index (Phi) is 6.21. The summed E-state index contributed by atoms with van der Waals surface area (Å²) in [6.07, 6.45) is 0.542. The van der Waals surface area contributed by atoms with Gasteiger partial charge in [-0.25, -0.2) is 4.90 Å². The Hall–Kier alpha value is -2.18. The topological polar surface area (TPSA) is 57.7 Å². The Labute approximate surface area is 208 Å². The summed E-state index contributed by atoms with van der Waals surface area (Å²) in [5.41, 5.74) is 1.16. The molecule has 4 rings (SSSR count). The molecule has 3 amide bonds. The highest BCUT2D eigenvalue weighted by Crippen LogP contribution is 2.69. The smallest absolute Gasteiger partial charge is 0.257 e. The number of carbonyl (C=O) groups excluding carboxylic acids is 3. The van der Waals surface area contributed by atoms with Crippen molar-refractivity contribution in [1.29, 1.82) is 0 Å². The zero-order valence-corrected chi connectivity index (χ0v) is 21.6. The Morgan fingerprint density at radius 1 is 1.09 bits per heavy atom. The van der Waals surface area contributed by atoms with Crippen molar-refractivity contribution in [3.05, 3.63) is 63.6 Å². The minimum atomic E-state index is -0.806. The van der Waals surface area contributed by atoms with Crippen LogP contribution in [0.25, 0.3) is 0 Å². The average molecular weight is 532 g/mol. The normalized spacial score (nSPS) is 21.4. The molecule has 1 aliphatic carbocycles. The van der Waals surface area contributed by atoms with Gasteiger partial charge in [-0.15, -0.1) is 0 Å². The fraction of sp³-hybridized carbons (Fsp3) is 0.423. The van der Waals surface area contributed by atoms with Gasteiger partial charge in [0.1, 0.15) is 6.04 Å². The van der Waals surface area contributed by atoms with Crippen LogP contribution >= 0.6 is 27.5 Å². The van der Waals surface area contributed by atoms with E-state index in [4.69, 9.17) is 11.6 Å². The first-order valence-electron chi connectivity index (χ1n) is 11.1. The molecule has 174 valence electrons. The van der Waals surface area contributed by atoms with E-state index in [9.17, 15) is 14.4 Å². The molecule has 7 heteroatoms. The number of anilines is 1. The van der Waals surface area contributed by atoms with E-state index in [1.54, 1.807) is 35.2 Å². The van der Waals surface area contributed by atoms with Gasteiger partial charge in [-0.05, 0) is 59.2 Å². The number of carbonyl (C=O) groups is 3. The average Bonchev–Trinajstić information content (AvgIpc) is 2.97. The van der Waals surface area contributed by atoms with Gasteiger partial charge < -0.3 is 4.90 Å². The number of amides is 3. The van der Waals surface area contributed by atoms with Crippen LogP contribution in [0.5, 0.6) is 0 Å². The van der Waals surface area contributed by atoms with Gasteiger partial charge in [0.25, 0.3) is 5.91 Å². The molecular formula is C26H28BrClN2O3. The first-order chi connectivity index (χ1) is 15.4. The number of nitrogens with zero attached hydrogens (tertiary/aromatic N) is 2. The number of hydrogen-bond donors (Lipinski definition) is 0. The molecule has 0 bridgehead atoms. The molecule has 1 heterocycles. The highest BCUT2D eigenvalue weighted by Gasteiger charge is 2.69. The monoisotopic (exact) mass is 530 g/mol. The third-order valence-electron chi connectivity index (χ3n) is 7.67. The molecule has 1 saturated heterocycles. The quantitative estimate of drug-likeness (QED) is 0.463. The maximum atomic E-state index is 13.8. The van der Waals surface area contributed by atoms with Crippen LogP contribution in [0.1, 0.15) is 39.7 Å². The van der Waals surface area contributed by atoms with E-state index >= 15 is 0 Å². The molecule has 0 aromatic heterocycles. The van der Waals surface area contributed by atoms with Crippen LogP contribution in [0.3, 0.4) is 0 Å². The number of hydrogen-bond acceptors (Lipinski definition) is 3. The molecule has 2 aromatic carbocycles. The van der Waals surface area contributed by atoms with Crippen molar-refractivity contribution in [2.45, 2.75) is 46.6 Å². The number of benzene rings is 2. The zero-order valence-electron chi connectivity index (χ0n) is 19.3. The molecule has 1 aliphatic heterocycles. The van der Waals surface area contributed by atoms with Crippen LogP contribution in [0.15, 0.2) is 53.0 Å². The second kappa shape index (κ2) is 8.55. The van der Waals surface area contributed by atoms with Gasteiger partial charge in [-0.2, -0.15) is 0 Å². The lowest BCUT2D eigenvalue weighted by atomic mass is 10.0. The Morgan fingerprint density at radius 3 is 2.30 bits per heavy atom. The lowest BCUT2D eigenvalue weighted by molar-refractivity contribution is -0.140. The van der Waals surface area contributed by atoms with Crippen molar-refractivity contribution in [3.63, 3.8) is 0 Å². The van der Waals surface area contributed by atoms with Crippen LogP contribution < -0.4 is 4.90 Å². The van der Waals surface area contributed by atoms with Gasteiger partial charge in [0.15, 0.2) is 0 Å². The minimum Gasteiger partial charge on any atom is -0.329 e. The Bertz CT molecular complexity index is 1100. The Morgan fingerprint density at radius 2 is 1.73 bits per heavy atom. The third kappa shape index (κ3) is 4.24. The van der Waals surface area contributed by atoms with Crippen molar-refractivity contribution in [2.75, 3.05) is 11.4 Å². The van der Waals surface area contributed by atoms with E-state index in [-0.39, 0.29) is 40.9 Å². The van der Waals surface area contributed by atoms with Gasteiger partial charge in [-0.1, -0.05) is 67.4 Å². The van der Waals surface area contributed by atoms with E-state index in [0.717, 1.165) is 10.0 Å². The summed E-state index contributed by atoms with van der Waals surface area (Å²) >= 11 is 9.52. The van der Waals surface area contributed by atoms with E-state index in [0.29, 0.717) is 23.7 Å². The lowest BCUT2D eigenvalue weighted by Crippen LogP contribution is -2.47. The van der Waals surface area contributed by atoms with Gasteiger partial charge in [0.2, 0.25) is 11.8 Å². The summed E-state index contributed by atoms with van der Waals surface area (Å²) in [4.78, 5) is 43.0. The molecule has 1 saturated carbocycles. The standard InChI is InChI=1S/C26H28BrClN2O3/c1-25(2)22(26(25,3)4)24(33)29(13-12-16-6-5-7-18(28)14-16)20-15-21(31)30(23(20)32)19-10-8-17(27)9-11-19/h5-11,14,20,22H,12-13,15H2,1-4H3. The van der Waals surface area contributed by atoms with Crippen LogP contribution in [0.4, 0.5) is 5.69 Å². The molecule has 33 heavy (non-hydrogen) atoms. The van der Waals surface area contributed by atoms with Crippen LogP contribution in [-0.2, 0) is 20.8 Å². The third-order valence-corrected chi connectivity index (χ3v) is 8.43. The maximum absolute atomic E-state index is 13.8. The van der Waals surface area contributed by atoms with Gasteiger partial charge in [0.05, 0.1) is 12.1 Å². The molecule has 2 aliphatic rings. The van der Waals surface area contributed by atoms with Crippen LogP contribution in [-0.4, -0.2) is 35.2 Å². The predicted molar refractivity (Wildman–Crippen MR) is 133 cm³/mol. The highest BCUT2D eigenvalue weighted by molar-refractivity contribution is 9.10. The first-order valence-corrected chi connectivity index (χ1v) is 12.3. The first kappa shape index (κ1) is 24.0. The Balaban J connectivity index is 1.62. The summed E-state index contributed by atoms with van der Waals surface area (Å²) in [5.74, 6) is -0.898. The minimum absolute atomic E-state index is 0.0102. The van der Waals surface area contributed by atoms with Crippen LogP contribution in [0.2, 0.25) is 5.02 Å². The SMILES string of the molecule is CC1(C)C(C(=O)N(CCc2cccc(Cl)c2)C2CC(=O)N(c3ccc(Br)cc3)C2=O)C1(C)C. The fourth-order valence-electron chi connectivity index (χ4n) is 5.06. The van der Waals surface area contributed by atoms with E-state index < -0.39 is 6.04 Å². The van der Waals surface area contributed by atoms with Crippen molar-refractivity contribution >= 4 is 50.9 Å². The molecule has 1 atom stereocenters. The van der Waals surface area contributed by atoms with Gasteiger partial charge >= 0.3 is 0 Å². The summed E-state index contributed by atoms with van der Waals surface area (Å²) in [7, 11) is 0. The van der Waals surface area contributed by atoms with Gasteiger partial charge in [-0.3, -0.25) is 14.4 Å². The van der Waals surface area contributed by atoms with Gasteiger partial charge in [0, 0.05) is 22.0 Å². The van der Waals surface area contributed by atoms with Crippen LogP contribution in [0, 0.1) is 16.7 Å². The lowest BCUT2D eigenvalue weighted by Gasteiger charge is -2.29. The molecular weight excluding hydrogens is 504 g/mol. The number of imide groups is 1. The summed E-state index contributed by atoms with van der Waals surface area (Å²) < 4.78 is 0.860. The van der Waals surface area contributed by atoms with E-state index in [2.05, 4.69) is 43.6 Å². The fourth-order valence-corrected chi connectivity index (χ4v) is 5.54. The number of halogens is 2. The number of rotatable bonds is 6. The second-order valence-electron chi connectivity index (χ2n) is 10.1. The van der Waals surface area contributed by atoms with Crippen molar-refractivity contribution in [1.82, 2.24) is 4.90 Å². The molecule has 0 N–H and O–H groups in total. The largest absolute Gasteiger partial charge is 0.329 e. The second-order valence-corrected chi connectivity index (χ2v) is 11.4. The molecule has 0 spiro atoms. The zero-order chi connectivity index (χ0) is 24.1. The van der Waals surface area contributed by atoms with Crippen molar-refractivity contribution < 1.29 is 14.4 Å². The molecule has 0 radical (unpaired) electrons. The highest BCUT2D eigenvalue weighted by atomic mass is 79.9. The maximum Gasteiger partial charge on any atom is 0.257 e. The molecule has 2 fully saturated rings. The summed E-state index contributed by atoms with van der Waals surface area (Å²) in [6.45, 7) is 8.68. The molecule has 5 nitrogen and oxygen atoms in total.